The minimum Gasteiger partial charge on any atom is -0.457 e. The molecule has 0 N–H and O–H groups in total. The van der Waals surface area contributed by atoms with E-state index in [9.17, 15) is 18.0 Å². The molecule has 6 nitrogen and oxygen atoms in total. The Kier molecular flexibility index (Phi) is 10.9. The molecule has 0 amide bonds. The van der Waals surface area contributed by atoms with E-state index >= 15 is 0 Å². The van der Waals surface area contributed by atoms with Gasteiger partial charge in [-0.3, -0.25) is 14.7 Å². The zero-order valence-corrected chi connectivity index (χ0v) is 28.1. The van der Waals surface area contributed by atoms with Gasteiger partial charge in [0.2, 0.25) is 0 Å². The summed E-state index contributed by atoms with van der Waals surface area (Å²) >= 11 is 0. The van der Waals surface area contributed by atoms with Gasteiger partial charge in [0.05, 0.1) is 23.6 Å². The summed E-state index contributed by atoms with van der Waals surface area (Å²) in [6.07, 6.45) is 12.5. The van der Waals surface area contributed by atoms with Crippen molar-refractivity contribution < 1.29 is 22.7 Å². The Morgan fingerprint density at radius 1 is 0.918 bits per heavy atom. The summed E-state index contributed by atoms with van der Waals surface area (Å²) in [6, 6.07) is 15.8. The summed E-state index contributed by atoms with van der Waals surface area (Å²) < 4.78 is 45.6. The maximum absolute atomic E-state index is 13.1. The number of hydrogen-bond acceptors (Lipinski definition) is 6. The van der Waals surface area contributed by atoms with Crippen molar-refractivity contribution in [2.45, 2.75) is 70.9 Å². The second kappa shape index (κ2) is 15.5. The molecule has 49 heavy (non-hydrogen) atoms. The molecule has 9 heteroatoms. The van der Waals surface area contributed by atoms with Gasteiger partial charge in [0, 0.05) is 28.8 Å². The molecule has 1 atom stereocenters. The van der Waals surface area contributed by atoms with Crippen molar-refractivity contribution in [1.29, 1.82) is 0 Å². The number of allylic oxidation sites excluding steroid dienone is 5. The van der Waals surface area contributed by atoms with Gasteiger partial charge in [-0.1, -0.05) is 44.2 Å². The molecule has 0 saturated carbocycles. The Morgan fingerprint density at radius 3 is 2.43 bits per heavy atom. The molecule has 2 aliphatic heterocycles. The Morgan fingerprint density at radius 2 is 1.71 bits per heavy atom. The number of likely N-dealkylation sites (tertiary alicyclic amines) is 1. The zero-order valence-electron chi connectivity index (χ0n) is 28.1. The molecule has 1 aromatic heterocycles. The molecule has 1 aliphatic carbocycles. The molecule has 2 aromatic carbocycles. The number of ether oxygens (including phenoxy) is 1. The number of carbonyl (C=O) groups excluding carboxylic acids is 1. The maximum Gasteiger partial charge on any atom is 0.401 e. The molecule has 1 unspecified atom stereocenters. The lowest BCUT2D eigenvalue weighted by molar-refractivity contribution is -0.148. The second-order valence-electron chi connectivity index (χ2n) is 13.5. The van der Waals surface area contributed by atoms with Crippen LogP contribution in [0.25, 0.3) is 17.3 Å². The van der Waals surface area contributed by atoms with Crippen LogP contribution in [-0.4, -0.2) is 52.4 Å². The van der Waals surface area contributed by atoms with Crippen LogP contribution in [0.1, 0.15) is 75.1 Å². The lowest BCUT2D eigenvalue weighted by Crippen LogP contribution is -2.41. The highest BCUT2D eigenvalue weighted by Crippen LogP contribution is 2.38. The van der Waals surface area contributed by atoms with Crippen LogP contribution in [0.15, 0.2) is 83.9 Å². The molecule has 1 fully saturated rings. The molecule has 0 spiro atoms. The first-order chi connectivity index (χ1) is 23.6. The van der Waals surface area contributed by atoms with E-state index < -0.39 is 12.7 Å². The molecule has 0 bridgehead atoms. The highest BCUT2D eigenvalue weighted by atomic mass is 19.4. The van der Waals surface area contributed by atoms with Crippen LogP contribution in [0.2, 0.25) is 0 Å². The van der Waals surface area contributed by atoms with Crippen LogP contribution in [0, 0.1) is 11.8 Å². The monoisotopic (exact) mass is 668 g/mol. The molecule has 256 valence electrons. The minimum absolute atomic E-state index is 0.101. The van der Waals surface area contributed by atoms with Crippen LogP contribution < -0.4 is 4.74 Å². The predicted octanol–water partition coefficient (Wildman–Crippen LogP) is 9.85. The van der Waals surface area contributed by atoms with Crippen molar-refractivity contribution in [3.8, 4) is 22.8 Å². The van der Waals surface area contributed by atoms with Crippen LogP contribution in [0.3, 0.4) is 0 Å². The van der Waals surface area contributed by atoms with Gasteiger partial charge in [-0.2, -0.15) is 23.4 Å². The first-order valence-corrected chi connectivity index (χ1v) is 17.3. The van der Waals surface area contributed by atoms with Gasteiger partial charge in [-0.05, 0) is 124 Å². The number of carbonyl (C=O) groups is 1. The number of ketones is 1. The van der Waals surface area contributed by atoms with Crippen molar-refractivity contribution in [3.63, 3.8) is 0 Å². The van der Waals surface area contributed by atoms with Gasteiger partial charge in [0.15, 0.2) is 5.78 Å². The number of halogens is 3. The molecular weight excluding hydrogens is 625 g/mol. The highest BCUT2D eigenvalue weighted by Gasteiger charge is 2.33. The van der Waals surface area contributed by atoms with Gasteiger partial charge >= 0.3 is 6.18 Å². The summed E-state index contributed by atoms with van der Waals surface area (Å²) in [5.74, 6) is 1.63. The molecular formula is C40H43F3N4O2. The van der Waals surface area contributed by atoms with E-state index in [4.69, 9.17) is 9.73 Å². The first kappa shape index (κ1) is 34.5. The number of alkyl halides is 3. The number of piperidine rings is 1. The maximum atomic E-state index is 13.1. The summed E-state index contributed by atoms with van der Waals surface area (Å²) in [4.78, 5) is 19.8. The van der Waals surface area contributed by atoms with Crippen LogP contribution >= 0.6 is 0 Å². The molecule has 1 saturated heterocycles. The molecule has 6 rings (SSSR count). The third kappa shape index (κ3) is 9.21. The summed E-state index contributed by atoms with van der Waals surface area (Å²) in [5, 5.41) is 8.77. The van der Waals surface area contributed by atoms with E-state index in [0.717, 1.165) is 65.2 Å². The van der Waals surface area contributed by atoms with Gasteiger partial charge < -0.3 is 4.74 Å². The summed E-state index contributed by atoms with van der Waals surface area (Å²) in [7, 11) is 0. The molecule has 3 heterocycles. The Bertz CT molecular complexity index is 1730. The summed E-state index contributed by atoms with van der Waals surface area (Å²) in [5.41, 5.74) is 6.31. The van der Waals surface area contributed by atoms with Crippen molar-refractivity contribution in [3.05, 3.63) is 95.7 Å². The fourth-order valence-electron chi connectivity index (χ4n) is 6.74. The number of benzene rings is 2. The van der Waals surface area contributed by atoms with Gasteiger partial charge in [0.1, 0.15) is 11.5 Å². The SMILES string of the molecule is CC(C)c1ccc(-c2ccc(Oc3cc4c(cc3CC3CCC=CC=CC3=O)C=CCCC(C3CCN(CC(F)(F)F)CC3)=N4)cc2)nn1. The standard InChI is InChI=1S/C40H43F3N4O2/c1-27(2)34-17-18-36(46-45-34)28-13-15-33(16-14-28)49-39-25-37-30(23-32(39)24-31-10-5-3-4-6-12-38(31)48)9-7-8-11-35(44-37)29-19-21-47(22-20-29)26-40(41,42)43/h3-4,6-7,9,12-18,23,25,27,29,31H,5,8,10-11,19-22,24,26H2,1-2H3. The van der Waals surface area contributed by atoms with Crippen molar-refractivity contribution in [1.82, 2.24) is 15.1 Å². The number of aliphatic imine (C=N–C) groups is 1. The lowest BCUT2D eigenvalue weighted by atomic mass is 9.87. The quantitative estimate of drug-likeness (QED) is 0.239. The minimum atomic E-state index is -4.19. The van der Waals surface area contributed by atoms with E-state index in [2.05, 4.69) is 48.3 Å². The van der Waals surface area contributed by atoms with Crippen molar-refractivity contribution in [2.75, 3.05) is 19.6 Å². The molecule has 3 aliphatic rings. The van der Waals surface area contributed by atoms with E-state index in [1.807, 2.05) is 48.5 Å². The van der Waals surface area contributed by atoms with Gasteiger partial charge in [0.25, 0.3) is 0 Å². The predicted molar refractivity (Wildman–Crippen MR) is 188 cm³/mol. The fraction of sp³-hybridized carbons (Fsp3) is 0.400. The largest absolute Gasteiger partial charge is 0.457 e. The van der Waals surface area contributed by atoms with Gasteiger partial charge in [-0.15, -0.1) is 0 Å². The number of hydrogen-bond donors (Lipinski definition) is 0. The number of fused-ring (bicyclic) bond motifs is 1. The second-order valence-corrected chi connectivity index (χ2v) is 13.5. The Hall–Kier alpha value is -4.37. The smallest absolute Gasteiger partial charge is 0.401 e. The Balaban J connectivity index is 1.29. The third-order valence-electron chi connectivity index (χ3n) is 9.51. The third-order valence-corrected chi connectivity index (χ3v) is 9.51. The normalized spacial score (nSPS) is 19.2. The van der Waals surface area contributed by atoms with Crippen molar-refractivity contribution >= 4 is 23.3 Å². The van der Waals surface area contributed by atoms with E-state index in [1.165, 1.54) is 4.90 Å². The van der Waals surface area contributed by atoms with Crippen LogP contribution in [0.5, 0.6) is 11.5 Å². The summed E-state index contributed by atoms with van der Waals surface area (Å²) in [6.45, 7) is 4.12. The molecule has 0 radical (unpaired) electrons. The number of nitrogens with zero attached hydrogens (tertiary/aromatic N) is 4. The average molecular weight is 669 g/mol. The zero-order chi connectivity index (χ0) is 34.4. The van der Waals surface area contributed by atoms with Gasteiger partial charge in [-0.25, -0.2) is 0 Å². The molecule has 3 aromatic rings. The van der Waals surface area contributed by atoms with E-state index in [1.54, 1.807) is 12.2 Å². The van der Waals surface area contributed by atoms with E-state index in [0.29, 0.717) is 49.8 Å². The van der Waals surface area contributed by atoms with Crippen molar-refractivity contribution in [2.24, 2.45) is 16.8 Å². The highest BCUT2D eigenvalue weighted by molar-refractivity contribution is 5.93. The van der Waals surface area contributed by atoms with Crippen LogP contribution in [0.4, 0.5) is 18.9 Å². The average Bonchev–Trinajstić information content (AvgIpc) is 3.06. The van der Waals surface area contributed by atoms with E-state index in [-0.39, 0.29) is 17.6 Å². The number of aromatic nitrogens is 2. The van der Waals surface area contributed by atoms with Crippen LogP contribution in [-0.2, 0) is 11.2 Å². The fourth-order valence-corrected chi connectivity index (χ4v) is 6.74. The Labute approximate surface area is 286 Å². The number of rotatable bonds is 8. The topological polar surface area (TPSA) is 67.7 Å². The first-order valence-electron chi connectivity index (χ1n) is 17.3. The lowest BCUT2D eigenvalue weighted by Gasteiger charge is -2.33.